The van der Waals surface area contributed by atoms with Crippen molar-refractivity contribution >= 4 is 16.6 Å². The Morgan fingerprint density at radius 2 is 2.10 bits per heavy atom. The lowest BCUT2D eigenvalue weighted by Crippen LogP contribution is -2.23. The molecule has 0 fully saturated rings. The largest absolute Gasteiger partial charge is 0.454 e. The van der Waals surface area contributed by atoms with E-state index in [2.05, 4.69) is 22.2 Å². The maximum atomic E-state index is 5.46. The van der Waals surface area contributed by atoms with Crippen LogP contribution in [0.1, 0.15) is 6.42 Å². The molecule has 106 valence electrons. The van der Waals surface area contributed by atoms with Crippen LogP contribution in [0.3, 0.4) is 0 Å². The molecule has 2 heterocycles. The van der Waals surface area contributed by atoms with Crippen LogP contribution in [-0.2, 0) is 0 Å². The quantitative estimate of drug-likeness (QED) is 0.844. The number of hydrogen-bond donors (Lipinski definition) is 1. The number of hydrogen-bond acceptors (Lipinski definition) is 5. The fourth-order valence-corrected chi connectivity index (χ4v) is 2.45. The Labute approximate surface area is 118 Å². The molecule has 1 aromatic heterocycles. The predicted octanol–water partition coefficient (Wildman–Crippen LogP) is 2.01. The highest BCUT2D eigenvalue weighted by molar-refractivity contribution is 5.94. The molecule has 1 aliphatic rings. The summed E-state index contributed by atoms with van der Waals surface area (Å²) in [5, 5.41) is 5.39. The Morgan fingerprint density at radius 1 is 1.30 bits per heavy atom. The molecule has 1 N–H and O–H groups in total. The zero-order chi connectivity index (χ0) is 13.9. The first-order valence-corrected chi connectivity index (χ1v) is 6.83. The van der Waals surface area contributed by atoms with E-state index in [9.17, 15) is 0 Å². The molecule has 0 atom stereocenters. The normalized spacial score (nSPS) is 12.9. The van der Waals surface area contributed by atoms with Crippen LogP contribution in [0.2, 0.25) is 0 Å². The Kier molecular flexibility index (Phi) is 3.60. The topological polar surface area (TPSA) is 46.6 Å². The van der Waals surface area contributed by atoms with Gasteiger partial charge >= 0.3 is 0 Å². The summed E-state index contributed by atoms with van der Waals surface area (Å²) in [5.74, 6) is 2.60. The van der Waals surface area contributed by atoms with E-state index in [0.717, 1.165) is 47.6 Å². The number of anilines is 1. The van der Waals surface area contributed by atoms with Crippen molar-refractivity contribution in [2.24, 2.45) is 0 Å². The van der Waals surface area contributed by atoms with Crippen LogP contribution in [0, 0.1) is 0 Å². The molecule has 5 heteroatoms. The molecule has 0 unspecified atom stereocenters. The van der Waals surface area contributed by atoms with E-state index in [4.69, 9.17) is 9.47 Å². The van der Waals surface area contributed by atoms with Crippen molar-refractivity contribution in [3.8, 4) is 11.5 Å². The molecule has 0 bridgehead atoms. The van der Waals surface area contributed by atoms with Crippen molar-refractivity contribution in [2.75, 3.05) is 38.9 Å². The summed E-state index contributed by atoms with van der Waals surface area (Å²) in [6.45, 7) is 2.26. The van der Waals surface area contributed by atoms with Gasteiger partial charge in [0, 0.05) is 25.2 Å². The van der Waals surface area contributed by atoms with E-state index >= 15 is 0 Å². The summed E-state index contributed by atoms with van der Waals surface area (Å²) in [6.07, 6.45) is 2.92. The summed E-state index contributed by atoms with van der Waals surface area (Å²) in [7, 11) is 4.04. The molecule has 0 radical (unpaired) electrons. The monoisotopic (exact) mass is 273 g/mol. The minimum atomic E-state index is 0.298. The second kappa shape index (κ2) is 5.54. The fourth-order valence-electron chi connectivity index (χ4n) is 2.45. The molecule has 0 saturated heterocycles. The van der Waals surface area contributed by atoms with Gasteiger partial charge in [-0.05, 0) is 43.6 Å². The Bertz CT molecular complexity index is 615. The molecule has 2 aromatic rings. The molecule has 5 nitrogen and oxygen atoms in total. The molecule has 3 rings (SSSR count). The van der Waals surface area contributed by atoms with Crippen LogP contribution in [0.15, 0.2) is 24.4 Å². The van der Waals surface area contributed by atoms with E-state index in [-0.39, 0.29) is 0 Å². The number of nitrogens with zero attached hydrogens (tertiary/aromatic N) is 2. The van der Waals surface area contributed by atoms with Crippen molar-refractivity contribution in [3.05, 3.63) is 24.4 Å². The number of aromatic nitrogens is 1. The van der Waals surface area contributed by atoms with Crippen LogP contribution < -0.4 is 19.7 Å². The van der Waals surface area contributed by atoms with E-state index in [1.165, 1.54) is 0 Å². The first kappa shape index (κ1) is 13.0. The number of fused-ring (bicyclic) bond motifs is 2. The van der Waals surface area contributed by atoms with Crippen LogP contribution in [0.4, 0.5) is 5.82 Å². The second-order valence-electron chi connectivity index (χ2n) is 4.94. The highest BCUT2D eigenvalue weighted by atomic mass is 16.7. The van der Waals surface area contributed by atoms with Gasteiger partial charge in [0.25, 0.3) is 0 Å². The zero-order valence-electron chi connectivity index (χ0n) is 11.8. The lowest BCUT2D eigenvalue weighted by molar-refractivity contribution is 0.174. The van der Waals surface area contributed by atoms with Crippen LogP contribution in [-0.4, -0.2) is 39.0 Å². The predicted molar refractivity (Wildman–Crippen MR) is 79.7 cm³/mol. The van der Waals surface area contributed by atoms with Gasteiger partial charge in [-0.25, -0.2) is 4.98 Å². The SMILES string of the molecule is CNCCCN(C)c1nccc2cc3c(cc12)OCO3. The van der Waals surface area contributed by atoms with Crippen LogP contribution >= 0.6 is 0 Å². The second-order valence-corrected chi connectivity index (χ2v) is 4.94. The average Bonchev–Trinajstić information content (AvgIpc) is 2.91. The first-order valence-electron chi connectivity index (χ1n) is 6.83. The van der Waals surface area contributed by atoms with Crippen LogP contribution in [0.25, 0.3) is 10.8 Å². The smallest absolute Gasteiger partial charge is 0.231 e. The van der Waals surface area contributed by atoms with Gasteiger partial charge in [-0.1, -0.05) is 0 Å². The van der Waals surface area contributed by atoms with Gasteiger partial charge in [0.05, 0.1) is 0 Å². The average molecular weight is 273 g/mol. The third-order valence-electron chi connectivity index (χ3n) is 3.52. The number of rotatable bonds is 5. The first-order chi connectivity index (χ1) is 9.79. The molecule has 0 spiro atoms. The zero-order valence-corrected chi connectivity index (χ0v) is 11.8. The maximum absolute atomic E-state index is 5.46. The van der Waals surface area contributed by atoms with Crippen molar-refractivity contribution in [3.63, 3.8) is 0 Å². The summed E-state index contributed by atoms with van der Waals surface area (Å²) in [5.41, 5.74) is 0. The Hall–Kier alpha value is -2.01. The maximum Gasteiger partial charge on any atom is 0.231 e. The minimum Gasteiger partial charge on any atom is -0.454 e. The molecular weight excluding hydrogens is 254 g/mol. The summed E-state index contributed by atoms with van der Waals surface area (Å²) < 4.78 is 10.9. The lowest BCUT2D eigenvalue weighted by Gasteiger charge is -2.20. The van der Waals surface area contributed by atoms with Crippen molar-refractivity contribution in [2.45, 2.75) is 6.42 Å². The van der Waals surface area contributed by atoms with Crippen molar-refractivity contribution in [1.29, 1.82) is 0 Å². The molecule has 20 heavy (non-hydrogen) atoms. The highest BCUT2D eigenvalue weighted by Gasteiger charge is 2.17. The van der Waals surface area contributed by atoms with E-state index in [1.54, 1.807) is 0 Å². The Balaban J connectivity index is 1.94. The highest BCUT2D eigenvalue weighted by Crippen LogP contribution is 2.38. The van der Waals surface area contributed by atoms with Gasteiger partial charge in [-0.2, -0.15) is 0 Å². The number of pyridine rings is 1. The standard InChI is InChI=1S/C15H19N3O2/c1-16-5-3-7-18(2)15-12-9-14-13(19-10-20-14)8-11(12)4-6-17-15/h4,6,8-9,16H,3,5,7,10H2,1-2H3. The molecule has 1 aromatic carbocycles. The molecule has 0 saturated carbocycles. The minimum absolute atomic E-state index is 0.298. The number of ether oxygens (including phenoxy) is 2. The third kappa shape index (κ3) is 2.36. The summed E-state index contributed by atoms with van der Waals surface area (Å²) in [6, 6.07) is 6.04. The number of nitrogens with one attached hydrogen (secondary N) is 1. The molecule has 0 aliphatic carbocycles. The van der Waals surface area contributed by atoms with Gasteiger partial charge in [-0.3, -0.25) is 0 Å². The Morgan fingerprint density at radius 3 is 2.90 bits per heavy atom. The van der Waals surface area contributed by atoms with Gasteiger partial charge in [0.15, 0.2) is 11.5 Å². The fraction of sp³-hybridized carbons (Fsp3) is 0.400. The van der Waals surface area contributed by atoms with Crippen molar-refractivity contribution < 1.29 is 9.47 Å². The molecule has 1 aliphatic heterocycles. The van der Waals surface area contributed by atoms with E-state index < -0.39 is 0 Å². The van der Waals surface area contributed by atoms with Gasteiger partial charge in [0.2, 0.25) is 6.79 Å². The molecule has 0 amide bonds. The summed E-state index contributed by atoms with van der Waals surface area (Å²) in [4.78, 5) is 6.70. The van der Waals surface area contributed by atoms with Gasteiger partial charge in [0.1, 0.15) is 5.82 Å². The molecular formula is C15H19N3O2. The number of benzene rings is 1. The lowest BCUT2D eigenvalue weighted by atomic mass is 10.1. The van der Waals surface area contributed by atoms with Gasteiger partial charge in [-0.15, -0.1) is 0 Å². The van der Waals surface area contributed by atoms with Crippen molar-refractivity contribution in [1.82, 2.24) is 10.3 Å². The van der Waals surface area contributed by atoms with Gasteiger partial charge < -0.3 is 19.7 Å². The third-order valence-corrected chi connectivity index (χ3v) is 3.52. The summed E-state index contributed by atoms with van der Waals surface area (Å²) >= 11 is 0. The van der Waals surface area contributed by atoms with Crippen LogP contribution in [0.5, 0.6) is 11.5 Å². The van der Waals surface area contributed by atoms with E-state index in [1.807, 2.05) is 31.4 Å². The van der Waals surface area contributed by atoms with E-state index in [0.29, 0.717) is 6.79 Å².